The lowest BCUT2D eigenvalue weighted by molar-refractivity contribution is -0.122. The lowest BCUT2D eigenvalue weighted by atomic mass is 10.1. The molecule has 0 unspecified atom stereocenters. The van der Waals surface area contributed by atoms with Crippen molar-refractivity contribution in [3.8, 4) is 0 Å². The Balaban J connectivity index is 3.04. The van der Waals surface area contributed by atoms with Gasteiger partial charge in [0.1, 0.15) is 6.61 Å². The monoisotopic (exact) mass is 160 g/mol. The lowest BCUT2D eigenvalue weighted by Gasteiger charge is -1.98. The molecule has 3 nitrogen and oxygen atoms in total. The molecular formula is C8H16O3. The third-order valence-electron chi connectivity index (χ3n) is 1.42. The Kier molecular flexibility index (Phi) is 7.41. The Morgan fingerprint density at radius 2 is 2.09 bits per heavy atom. The maximum Gasteiger partial charge on any atom is 0.158 e. The van der Waals surface area contributed by atoms with Gasteiger partial charge in [-0.25, -0.2) is 0 Å². The van der Waals surface area contributed by atoms with Gasteiger partial charge in [-0.15, -0.1) is 0 Å². The Bertz CT molecular complexity index is 102. The quantitative estimate of drug-likeness (QED) is 0.559. The second-order valence-electron chi connectivity index (χ2n) is 2.51. The lowest BCUT2D eigenvalue weighted by Crippen LogP contribution is -2.05. The first-order valence-corrected chi connectivity index (χ1v) is 3.92. The molecule has 1 N–H and O–H groups in total. The molecule has 0 aliphatic rings. The summed E-state index contributed by atoms with van der Waals surface area (Å²) >= 11 is 0. The normalized spacial score (nSPS) is 10.0. The van der Waals surface area contributed by atoms with E-state index >= 15 is 0 Å². The van der Waals surface area contributed by atoms with Gasteiger partial charge in [0, 0.05) is 20.1 Å². The van der Waals surface area contributed by atoms with Crippen molar-refractivity contribution in [3.05, 3.63) is 0 Å². The predicted molar refractivity (Wildman–Crippen MR) is 42.4 cm³/mol. The molecule has 0 saturated carbocycles. The molecule has 0 amide bonds. The van der Waals surface area contributed by atoms with Crippen LogP contribution in [0.25, 0.3) is 0 Å². The maximum absolute atomic E-state index is 10.8. The molecule has 0 rings (SSSR count). The van der Waals surface area contributed by atoms with Crippen LogP contribution in [-0.4, -0.2) is 31.2 Å². The number of rotatable bonds is 7. The molecule has 0 radical (unpaired) electrons. The molecule has 0 aliphatic carbocycles. The number of hydrogen-bond acceptors (Lipinski definition) is 3. The Morgan fingerprint density at radius 1 is 1.36 bits per heavy atom. The molecule has 0 saturated heterocycles. The summed E-state index contributed by atoms with van der Waals surface area (Å²) in [6.07, 6.45) is 3.16. The van der Waals surface area contributed by atoms with Gasteiger partial charge in [-0.3, -0.25) is 4.79 Å². The number of carbonyl (C=O) groups is 1. The van der Waals surface area contributed by atoms with Crippen LogP contribution in [-0.2, 0) is 9.53 Å². The van der Waals surface area contributed by atoms with Crippen LogP contribution >= 0.6 is 0 Å². The summed E-state index contributed by atoms with van der Waals surface area (Å²) < 4.78 is 4.66. The number of unbranched alkanes of at least 4 members (excludes halogenated alkanes) is 2. The highest BCUT2D eigenvalue weighted by molar-refractivity contribution is 5.79. The smallest absolute Gasteiger partial charge is 0.158 e. The Morgan fingerprint density at radius 3 is 2.64 bits per heavy atom. The Labute approximate surface area is 67.4 Å². The van der Waals surface area contributed by atoms with E-state index in [9.17, 15) is 4.79 Å². The standard InChI is InChI=1S/C8H16O3/c1-11-7-8(10)5-3-2-4-6-9/h9H,2-7H2,1H3. The average molecular weight is 160 g/mol. The zero-order valence-electron chi connectivity index (χ0n) is 7.01. The van der Waals surface area contributed by atoms with E-state index in [4.69, 9.17) is 5.11 Å². The highest BCUT2D eigenvalue weighted by atomic mass is 16.5. The first-order chi connectivity index (χ1) is 5.31. The SMILES string of the molecule is COCC(=O)CCCCCO. The van der Waals surface area contributed by atoms with Crippen LogP contribution in [0.5, 0.6) is 0 Å². The van der Waals surface area contributed by atoms with Crippen LogP contribution in [0.1, 0.15) is 25.7 Å². The fraction of sp³-hybridized carbons (Fsp3) is 0.875. The fourth-order valence-corrected chi connectivity index (χ4v) is 0.844. The number of ketones is 1. The molecule has 0 aliphatic heterocycles. The highest BCUT2D eigenvalue weighted by Crippen LogP contribution is 1.99. The molecule has 0 heterocycles. The van der Waals surface area contributed by atoms with E-state index in [1.54, 1.807) is 0 Å². The summed E-state index contributed by atoms with van der Waals surface area (Å²) in [7, 11) is 1.52. The molecule has 0 spiro atoms. The summed E-state index contributed by atoms with van der Waals surface area (Å²) in [6.45, 7) is 0.442. The van der Waals surface area contributed by atoms with Crippen LogP contribution < -0.4 is 0 Å². The van der Waals surface area contributed by atoms with Gasteiger partial charge in [0.2, 0.25) is 0 Å². The number of hydrogen-bond donors (Lipinski definition) is 1. The molecule has 0 fully saturated rings. The van der Waals surface area contributed by atoms with E-state index in [-0.39, 0.29) is 19.0 Å². The fourth-order valence-electron chi connectivity index (χ4n) is 0.844. The van der Waals surface area contributed by atoms with Crippen molar-refractivity contribution in [2.45, 2.75) is 25.7 Å². The minimum atomic E-state index is 0.144. The maximum atomic E-state index is 10.8. The molecule has 0 atom stereocenters. The van der Waals surface area contributed by atoms with E-state index in [1.165, 1.54) is 7.11 Å². The second-order valence-corrected chi connectivity index (χ2v) is 2.51. The average Bonchev–Trinajstić information content (AvgIpc) is 1.99. The largest absolute Gasteiger partial charge is 0.396 e. The number of Topliss-reactive ketones (excluding diaryl/α,β-unsaturated/α-hetero) is 1. The zero-order valence-corrected chi connectivity index (χ0v) is 7.01. The van der Waals surface area contributed by atoms with Gasteiger partial charge >= 0.3 is 0 Å². The third-order valence-corrected chi connectivity index (χ3v) is 1.42. The van der Waals surface area contributed by atoms with E-state index < -0.39 is 0 Å². The number of carbonyl (C=O) groups excluding carboxylic acids is 1. The number of aliphatic hydroxyl groups excluding tert-OH is 1. The van der Waals surface area contributed by atoms with Crippen LogP contribution in [0.2, 0.25) is 0 Å². The minimum Gasteiger partial charge on any atom is -0.396 e. The summed E-state index contributed by atoms with van der Waals surface area (Å²) in [4.78, 5) is 10.8. The molecule has 0 aromatic heterocycles. The summed E-state index contributed by atoms with van der Waals surface area (Å²) in [5.74, 6) is 0.144. The van der Waals surface area contributed by atoms with Crippen molar-refractivity contribution in [3.63, 3.8) is 0 Å². The molecule has 0 aromatic carbocycles. The molecule has 66 valence electrons. The van der Waals surface area contributed by atoms with E-state index in [0.29, 0.717) is 6.42 Å². The number of methoxy groups -OCH3 is 1. The first kappa shape index (κ1) is 10.6. The van der Waals surface area contributed by atoms with E-state index in [0.717, 1.165) is 19.3 Å². The van der Waals surface area contributed by atoms with Crippen LogP contribution in [0.4, 0.5) is 0 Å². The van der Waals surface area contributed by atoms with E-state index in [2.05, 4.69) is 4.74 Å². The summed E-state index contributed by atoms with van der Waals surface area (Å²) in [5.41, 5.74) is 0. The van der Waals surface area contributed by atoms with Crippen molar-refractivity contribution in [2.75, 3.05) is 20.3 Å². The first-order valence-electron chi connectivity index (χ1n) is 3.92. The van der Waals surface area contributed by atoms with Gasteiger partial charge in [-0.2, -0.15) is 0 Å². The molecule has 0 aromatic rings. The minimum absolute atomic E-state index is 0.144. The number of ether oxygens (including phenoxy) is 1. The van der Waals surface area contributed by atoms with Gasteiger partial charge < -0.3 is 9.84 Å². The third kappa shape index (κ3) is 7.49. The Hall–Kier alpha value is -0.410. The van der Waals surface area contributed by atoms with Gasteiger partial charge in [-0.1, -0.05) is 6.42 Å². The molecular weight excluding hydrogens is 144 g/mol. The van der Waals surface area contributed by atoms with Crippen LogP contribution in [0.3, 0.4) is 0 Å². The molecule has 11 heavy (non-hydrogen) atoms. The van der Waals surface area contributed by atoms with Crippen molar-refractivity contribution < 1.29 is 14.6 Å². The van der Waals surface area contributed by atoms with Crippen molar-refractivity contribution >= 4 is 5.78 Å². The van der Waals surface area contributed by atoms with Crippen molar-refractivity contribution in [2.24, 2.45) is 0 Å². The zero-order chi connectivity index (χ0) is 8.53. The number of aliphatic hydroxyl groups is 1. The van der Waals surface area contributed by atoms with Gasteiger partial charge in [-0.05, 0) is 12.8 Å². The van der Waals surface area contributed by atoms with Crippen molar-refractivity contribution in [1.82, 2.24) is 0 Å². The molecule has 0 bridgehead atoms. The molecule has 3 heteroatoms. The second kappa shape index (κ2) is 7.69. The predicted octanol–water partition coefficient (Wildman–Crippen LogP) is 0.755. The van der Waals surface area contributed by atoms with Gasteiger partial charge in [0.05, 0.1) is 0 Å². The van der Waals surface area contributed by atoms with Gasteiger partial charge in [0.15, 0.2) is 5.78 Å². The summed E-state index contributed by atoms with van der Waals surface area (Å²) in [6, 6.07) is 0. The van der Waals surface area contributed by atoms with Gasteiger partial charge in [0.25, 0.3) is 0 Å². The van der Waals surface area contributed by atoms with Crippen molar-refractivity contribution in [1.29, 1.82) is 0 Å². The van der Waals surface area contributed by atoms with Crippen LogP contribution in [0.15, 0.2) is 0 Å². The highest BCUT2D eigenvalue weighted by Gasteiger charge is 1.99. The van der Waals surface area contributed by atoms with E-state index in [1.807, 2.05) is 0 Å². The van der Waals surface area contributed by atoms with Crippen LogP contribution in [0, 0.1) is 0 Å². The topological polar surface area (TPSA) is 46.5 Å². The summed E-state index contributed by atoms with van der Waals surface area (Å²) in [5, 5.41) is 8.43.